The van der Waals surface area contributed by atoms with Gasteiger partial charge < -0.3 is 11.1 Å². The van der Waals surface area contributed by atoms with Crippen molar-refractivity contribution in [3.8, 4) is 0 Å². The Bertz CT molecular complexity index is 347. The van der Waals surface area contributed by atoms with Crippen LogP contribution in [0.4, 0.5) is 0 Å². The van der Waals surface area contributed by atoms with Crippen LogP contribution < -0.4 is 11.1 Å². The van der Waals surface area contributed by atoms with Crippen LogP contribution in [0.5, 0.6) is 0 Å². The first-order valence-electron chi connectivity index (χ1n) is 5.48. The standard InChI is InChI=1S/C10H19N5O/c1-4-7(2)12-10(16)6-15-5-9(8(3)11)13-14-15/h5,7-8H,4,6,11H2,1-3H3,(H,12,16). The molecule has 0 saturated heterocycles. The number of carbonyl (C=O) groups excluding carboxylic acids is 1. The van der Waals surface area contributed by atoms with Gasteiger partial charge in [-0.2, -0.15) is 0 Å². The molecule has 6 heteroatoms. The van der Waals surface area contributed by atoms with Crippen molar-refractivity contribution in [1.82, 2.24) is 20.3 Å². The molecule has 0 bridgehead atoms. The zero-order valence-corrected chi connectivity index (χ0v) is 9.97. The largest absolute Gasteiger partial charge is 0.352 e. The molecular weight excluding hydrogens is 206 g/mol. The molecule has 1 heterocycles. The Balaban J connectivity index is 2.50. The molecule has 0 fully saturated rings. The van der Waals surface area contributed by atoms with Crippen molar-refractivity contribution in [1.29, 1.82) is 0 Å². The van der Waals surface area contributed by atoms with E-state index in [4.69, 9.17) is 5.73 Å². The van der Waals surface area contributed by atoms with E-state index in [2.05, 4.69) is 15.6 Å². The first-order valence-corrected chi connectivity index (χ1v) is 5.48. The number of amides is 1. The lowest BCUT2D eigenvalue weighted by atomic mass is 10.2. The van der Waals surface area contributed by atoms with E-state index in [-0.39, 0.29) is 24.5 Å². The van der Waals surface area contributed by atoms with E-state index < -0.39 is 0 Å². The highest BCUT2D eigenvalue weighted by Gasteiger charge is 2.09. The summed E-state index contributed by atoms with van der Waals surface area (Å²) in [5.41, 5.74) is 6.33. The Morgan fingerprint density at radius 3 is 2.81 bits per heavy atom. The Labute approximate surface area is 95.2 Å². The first-order chi connectivity index (χ1) is 7.52. The zero-order chi connectivity index (χ0) is 12.1. The van der Waals surface area contributed by atoms with Gasteiger partial charge in [0.15, 0.2) is 0 Å². The fraction of sp³-hybridized carbons (Fsp3) is 0.700. The summed E-state index contributed by atoms with van der Waals surface area (Å²) in [4.78, 5) is 11.5. The summed E-state index contributed by atoms with van der Waals surface area (Å²) in [7, 11) is 0. The highest BCUT2D eigenvalue weighted by Crippen LogP contribution is 2.03. The minimum absolute atomic E-state index is 0.0597. The van der Waals surface area contributed by atoms with Gasteiger partial charge in [0.25, 0.3) is 0 Å². The predicted octanol–water partition coefficient (Wildman–Crippen LogP) is 0.213. The molecule has 3 N–H and O–H groups in total. The van der Waals surface area contributed by atoms with Gasteiger partial charge in [0.05, 0.1) is 11.9 Å². The van der Waals surface area contributed by atoms with Crippen molar-refractivity contribution in [2.45, 2.75) is 45.8 Å². The number of rotatable bonds is 5. The van der Waals surface area contributed by atoms with Gasteiger partial charge in [-0.3, -0.25) is 4.79 Å². The number of nitrogens with zero attached hydrogens (tertiary/aromatic N) is 3. The molecule has 0 radical (unpaired) electrons. The molecule has 2 atom stereocenters. The van der Waals surface area contributed by atoms with Crippen molar-refractivity contribution < 1.29 is 4.79 Å². The monoisotopic (exact) mass is 225 g/mol. The van der Waals surface area contributed by atoms with E-state index >= 15 is 0 Å². The molecule has 1 aromatic heterocycles. The van der Waals surface area contributed by atoms with E-state index in [9.17, 15) is 4.79 Å². The van der Waals surface area contributed by atoms with Crippen molar-refractivity contribution in [3.63, 3.8) is 0 Å². The van der Waals surface area contributed by atoms with Gasteiger partial charge in [0, 0.05) is 12.1 Å². The molecule has 1 aromatic rings. The summed E-state index contributed by atoms with van der Waals surface area (Å²) in [5.74, 6) is -0.0597. The van der Waals surface area contributed by atoms with Crippen LogP contribution in [0.3, 0.4) is 0 Å². The quantitative estimate of drug-likeness (QED) is 0.750. The molecule has 16 heavy (non-hydrogen) atoms. The van der Waals surface area contributed by atoms with Crippen molar-refractivity contribution >= 4 is 5.91 Å². The third kappa shape index (κ3) is 3.62. The SMILES string of the molecule is CCC(C)NC(=O)Cn1cc(C(C)N)nn1. The van der Waals surface area contributed by atoms with Crippen LogP contribution in [-0.4, -0.2) is 26.9 Å². The van der Waals surface area contributed by atoms with Crippen LogP contribution >= 0.6 is 0 Å². The average Bonchev–Trinajstić information content (AvgIpc) is 2.65. The smallest absolute Gasteiger partial charge is 0.242 e. The maximum Gasteiger partial charge on any atom is 0.242 e. The third-order valence-electron chi connectivity index (χ3n) is 2.35. The molecule has 0 aromatic carbocycles. The molecule has 2 unspecified atom stereocenters. The van der Waals surface area contributed by atoms with E-state index in [1.165, 1.54) is 4.68 Å². The minimum Gasteiger partial charge on any atom is -0.352 e. The number of hydrogen-bond acceptors (Lipinski definition) is 4. The summed E-state index contributed by atoms with van der Waals surface area (Å²) < 4.78 is 1.50. The van der Waals surface area contributed by atoms with Gasteiger partial charge in [0.1, 0.15) is 6.54 Å². The molecule has 90 valence electrons. The van der Waals surface area contributed by atoms with Crippen molar-refractivity contribution in [3.05, 3.63) is 11.9 Å². The Morgan fingerprint density at radius 1 is 1.62 bits per heavy atom. The Hall–Kier alpha value is -1.43. The van der Waals surface area contributed by atoms with Crippen LogP contribution in [-0.2, 0) is 11.3 Å². The Morgan fingerprint density at radius 2 is 2.31 bits per heavy atom. The lowest BCUT2D eigenvalue weighted by molar-refractivity contribution is -0.122. The molecule has 0 spiro atoms. The van der Waals surface area contributed by atoms with E-state index in [0.29, 0.717) is 5.69 Å². The highest BCUT2D eigenvalue weighted by atomic mass is 16.2. The third-order valence-corrected chi connectivity index (χ3v) is 2.35. The number of carbonyl (C=O) groups is 1. The molecule has 0 saturated carbocycles. The van der Waals surface area contributed by atoms with Crippen LogP contribution in [0.1, 0.15) is 38.9 Å². The average molecular weight is 225 g/mol. The van der Waals surface area contributed by atoms with Gasteiger partial charge in [0.2, 0.25) is 5.91 Å². The van der Waals surface area contributed by atoms with Gasteiger partial charge in [-0.15, -0.1) is 5.10 Å². The van der Waals surface area contributed by atoms with E-state index in [1.807, 2.05) is 20.8 Å². The number of nitrogens with one attached hydrogen (secondary N) is 1. The van der Waals surface area contributed by atoms with E-state index in [1.54, 1.807) is 6.20 Å². The van der Waals surface area contributed by atoms with Crippen LogP contribution in [0, 0.1) is 0 Å². The fourth-order valence-electron chi connectivity index (χ4n) is 1.17. The Kier molecular flexibility index (Phi) is 4.42. The molecular formula is C10H19N5O. The first kappa shape index (κ1) is 12.6. The second-order valence-corrected chi connectivity index (χ2v) is 4.01. The summed E-state index contributed by atoms with van der Waals surface area (Å²) >= 11 is 0. The van der Waals surface area contributed by atoms with Gasteiger partial charge in [-0.05, 0) is 20.3 Å². The molecule has 0 aliphatic rings. The minimum atomic E-state index is -0.161. The van der Waals surface area contributed by atoms with Crippen molar-refractivity contribution in [2.24, 2.45) is 5.73 Å². The number of aromatic nitrogens is 3. The zero-order valence-electron chi connectivity index (χ0n) is 9.97. The highest BCUT2D eigenvalue weighted by molar-refractivity contribution is 5.75. The summed E-state index contributed by atoms with van der Waals surface area (Å²) in [5, 5.41) is 10.6. The second-order valence-electron chi connectivity index (χ2n) is 4.01. The molecule has 1 amide bonds. The normalized spacial score (nSPS) is 14.5. The maximum atomic E-state index is 11.5. The molecule has 6 nitrogen and oxygen atoms in total. The van der Waals surface area contributed by atoms with E-state index in [0.717, 1.165) is 6.42 Å². The van der Waals surface area contributed by atoms with Crippen LogP contribution in [0.15, 0.2) is 6.20 Å². The second kappa shape index (κ2) is 5.60. The fourth-order valence-corrected chi connectivity index (χ4v) is 1.17. The summed E-state index contributed by atoms with van der Waals surface area (Å²) in [6.07, 6.45) is 2.61. The predicted molar refractivity (Wildman–Crippen MR) is 60.5 cm³/mol. The van der Waals surface area contributed by atoms with Crippen LogP contribution in [0.2, 0.25) is 0 Å². The molecule has 0 aliphatic carbocycles. The lowest BCUT2D eigenvalue weighted by Crippen LogP contribution is -2.34. The molecule has 1 rings (SSSR count). The number of hydrogen-bond donors (Lipinski definition) is 2. The van der Waals surface area contributed by atoms with Crippen molar-refractivity contribution in [2.75, 3.05) is 0 Å². The van der Waals surface area contributed by atoms with Gasteiger partial charge in [-0.1, -0.05) is 12.1 Å². The maximum absolute atomic E-state index is 11.5. The topological polar surface area (TPSA) is 85.8 Å². The van der Waals surface area contributed by atoms with Crippen LogP contribution in [0.25, 0.3) is 0 Å². The lowest BCUT2D eigenvalue weighted by Gasteiger charge is -2.10. The number of nitrogens with two attached hydrogens (primary N) is 1. The van der Waals surface area contributed by atoms with Gasteiger partial charge >= 0.3 is 0 Å². The molecule has 0 aliphatic heterocycles. The summed E-state index contributed by atoms with van der Waals surface area (Å²) in [6.45, 7) is 6.00. The summed E-state index contributed by atoms with van der Waals surface area (Å²) in [6, 6.07) is 0.0234. The van der Waals surface area contributed by atoms with Gasteiger partial charge in [-0.25, -0.2) is 4.68 Å².